The number of anilines is 2. The summed E-state index contributed by atoms with van der Waals surface area (Å²) in [7, 11) is 0. The number of rotatable bonds is 8. The van der Waals surface area contributed by atoms with Crippen molar-refractivity contribution in [1.29, 1.82) is 0 Å². The summed E-state index contributed by atoms with van der Waals surface area (Å²) in [6.45, 7) is 6.48. The number of aliphatic hydroxyl groups excluding tert-OH is 1. The Kier molecular flexibility index (Phi) is 6.10. The summed E-state index contributed by atoms with van der Waals surface area (Å²) >= 11 is 0. The van der Waals surface area contributed by atoms with Crippen LogP contribution >= 0.6 is 0 Å². The molecule has 8 heteroatoms. The molecule has 0 saturated heterocycles. The van der Waals surface area contributed by atoms with Gasteiger partial charge in [0.1, 0.15) is 6.20 Å². The van der Waals surface area contributed by atoms with Crippen LogP contribution in [-0.2, 0) is 0 Å². The number of nitrogens with one attached hydrogen (secondary N) is 2. The number of nitrogens with zero attached hydrogens (tertiary/aromatic N) is 3. The molecule has 0 aliphatic rings. The third-order valence-electron chi connectivity index (χ3n) is 2.87. The predicted molar refractivity (Wildman–Crippen MR) is 76.8 cm³/mol. The van der Waals surface area contributed by atoms with E-state index in [9.17, 15) is 10.1 Å². The van der Waals surface area contributed by atoms with Crippen molar-refractivity contribution < 1.29 is 10.0 Å². The summed E-state index contributed by atoms with van der Waals surface area (Å²) in [4.78, 5) is 18.5. The van der Waals surface area contributed by atoms with Crippen LogP contribution in [0.25, 0.3) is 0 Å². The van der Waals surface area contributed by atoms with Crippen LogP contribution in [-0.4, -0.2) is 39.2 Å². The van der Waals surface area contributed by atoms with Gasteiger partial charge in [-0.25, -0.2) is 4.98 Å². The summed E-state index contributed by atoms with van der Waals surface area (Å²) in [6.07, 6.45) is 1.68. The molecule has 0 radical (unpaired) electrons. The number of hydrogen-bond donors (Lipinski definition) is 3. The monoisotopic (exact) mass is 283 g/mol. The molecular formula is C12H21N5O3. The first kappa shape index (κ1) is 16.1. The maximum atomic E-state index is 11.0. The molecule has 1 aromatic heterocycles. The van der Waals surface area contributed by atoms with Crippen LogP contribution in [0, 0.1) is 16.0 Å². The van der Waals surface area contributed by atoms with E-state index in [2.05, 4.69) is 20.6 Å². The molecule has 112 valence electrons. The zero-order valence-electron chi connectivity index (χ0n) is 12.0. The molecular weight excluding hydrogens is 262 g/mol. The highest BCUT2D eigenvalue weighted by molar-refractivity contribution is 5.57. The molecule has 0 spiro atoms. The Bertz CT molecular complexity index is 453. The quantitative estimate of drug-likeness (QED) is 0.491. The second-order valence-electron chi connectivity index (χ2n) is 4.72. The highest BCUT2D eigenvalue weighted by Gasteiger charge is 2.21. The summed E-state index contributed by atoms with van der Waals surface area (Å²) in [5, 5.41) is 26.0. The largest absolute Gasteiger partial charge is 0.396 e. The third-order valence-corrected chi connectivity index (χ3v) is 2.87. The minimum atomic E-state index is -0.519. The molecule has 0 fully saturated rings. The van der Waals surface area contributed by atoms with E-state index in [4.69, 9.17) is 5.11 Å². The Hall–Kier alpha value is -1.96. The number of aromatic nitrogens is 2. The zero-order chi connectivity index (χ0) is 15.1. The van der Waals surface area contributed by atoms with Crippen molar-refractivity contribution in [2.75, 3.05) is 23.8 Å². The van der Waals surface area contributed by atoms with E-state index in [-0.39, 0.29) is 30.1 Å². The van der Waals surface area contributed by atoms with Gasteiger partial charge in [-0.2, -0.15) is 4.98 Å². The van der Waals surface area contributed by atoms with E-state index in [1.54, 1.807) is 0 Å². The van der Waals surface area contributed by atoms with Gasteiger partial charge in [0.25, 0.3) is 0 Å². The summed E-state index contributed by atoms with van der Waals surface area (Å²) in [5.41, 5.74) is -0.171. The molecule has 0 aromatic carbocycles. The first-order valence-corrected chi connectivity index (χ1v) is 6.62. The molecule has 0 aliphatic carbocycles. The zero-order valence-corrected chi connectivity index (χ0v) is 12.0. The fourth-order valence-electron chi connectivity index (χ4n) is 1.75. The molecule has 8 nitrogen and oxygen atoms in total. The number of hydrogen-bond acceptors (Lipinski definition) is 7. The van der Waals surface area contributed by atoms with Gasteiger partial charge < -0.3 is 15.7 Å². The van der Waals surface area contributed by atoms with Gasteiger partial charge in [0.05, 0.1) is 4.92 Å². The minimum Gasteiger partial charge on any atom is -0.396 e. The standard InChI is InChI=1S/C12H21N5O3/c1-4-13-12-14-7-10(17(19)20)11(16-12)15-9(5-6-18)8(2)3/h7-9,18H,4-6H2,1-3H3,(H2,13,14,15,16). The fraction of sp³-hybridized carbons (Fsp3) is 0.667. The highest BCUT2D eigenvalue weighted by Crippen LogP contribution is 2.24. The average Bonchev–Trinajstić information content (AvgIpc) is 2.38. The first-order chi connectivity index (χ1) is 9.49. The predicted octanol–water partition coefficient (Wildman–Crippen LogP) is 1.64. The van der Waals surface area contributed by atoms with Gasteiger partial charge in [-0.05, 0) is 19.3 Å². The molecule has 0 aliphatic heterocycles. The van der Waals surface area contributed by atoms with Crippen LogP contribution < -0.4 is 10.6 Å². The van der Waals surface area contributed by atoms with Gasteiger partial charge >= 0.3 is 5.69 Å². The average molecular weight is 283 g/mol. The van der Waals surface area contributed by atoms with Crippen molar-refractivity contribution >= 4 is 17.5 Å². The van der Waals surface area contributed by atoms with E-state index in [1.807, 2.05) is 20.8 Å². The van der Waals surface area contributed by atoms with Crippen molar-refractivity contribution in [3.63, 3.8) is 0 Å². The van der Waals surface area contributed by atoms with E-state index in [0.29, 0.717) is 18.9 Å². The lowest BCUT2D eigenvalue weighted by Gasteiger charge is -2.22. The first-order valence-electron chi connectivity index (χ1n) is 6.62. The normalized spacial score (nSPS) is 12.2. The smallest absolute Gasteiger partial charge is 0.329 e. The van der Waals surface area contributed by atoms with E-state index >= 15 is 0 Å². The van der Waals surface area contributed by atoms with Crippen molar-refractivity contribution in [2.45, 2.75) is 33.2 Å². The molecule has 20 heavy (non-hydrogen) atoms. The number of aliphatic hydroxyl groups is 1. The lowest BCUT2D eigenvalue weighted by molar-refractivity contribution is -0.384. The summed E-state index contributed by atoms with van der Waals surface area (Å²) in [6, 6.07) is -0.0944. The van der Waals surface area contributed by atoms with Crippen molar-refractivity contribution in [2.24, 2.45) is 5.92 Å². The van der Waals surface area contributed by atoms with E-state index in [1.165, 1.54) is 6.20 Å². The van der Waals surface area contributed by atoms with Gasteiger partial charge in [-0.3, -0.25) is 10.1 Å². The summed E-state index contributed by atoms with van der Waals surface area (Å²) < 4.78 is 0. The molecule has 1 unspecified atom stereocenters. The second-order valence-corrected chi connectivity index (χ2v) is 4.72. The van der Waals surface area contributed by atoms with Crippen molar-refractivity contribution in [3.8, 4) is 0 Å². The van der Waals surface area contributed by atoms with Crippen LogP contribution in [0.15, 0.2) is 6.20 Å². The molecule has 0 saturated carbocycles. The molecule has 0 amide bonds. The van der Waals surface area contributed by atoms with Crippen LogP contribution in [0.1, 0.15) is 27.2 Å². The Morgan fingerprint density at radius 1 is 1.50 bits per heavy atom. The third kappa shape index (κ3) is 4.30. The van der Waals surface area contributed by atoms with E-state index in [0.717, 1.165) is 0 Å². The Morgan fingerprint density at radius 3 is 2.70 bits per heavy atom. The topological polar surface area (TPSA) is 113 Å². The van der Waals surface area contributed by atoms with Gasteiger partial charge in [-0.1, -0.05) is 13.8 Å². The second kappa shape index (κ2) is 7.59. The van der Waals surface area contributed by atoms with Gasteiger partial charge in [0, 0.05) is 19.2 Å². The van der Waals surface area contributed by atoms with Gasteiger partial charge in [0.15, 0.2) is 0 Å². The van der Waals surface area contributed by atoms with Crippen LogP contribution in [0.4, 0.5) is 17.5 Å². The lowest BCUT2D eigenvalue weighted by atomic mass is 10.0. The van der Waals surface area contributed by atoms with Gasteiger partial charge in [-0.15, -0.1) is 0 Å². The van der Waals surface area contributed by atoms with E-state index < -0.39 is 4.92 Å². The molecule has 1 aromatic rings. The lowest BCUT2D eigenvalue weighted by Crippen LogP contribution is -2.28. The van der Waals surface area contributed by atoms with Crippen LogP contribution in [0.5, 0.6) is 0 Å². The van der Waals surface area contributed by atoms with Crippen LogP contribution in [0.2, 0.25) is 0 Å². The Labute approximate surface area is 117 Å². The minimum absolute atomic E-state index is 0.00873. The molecule has 1 atom stereocenters. The maximum Gasteiger partial charge on any atom is 0.329 e. The molecule has 1 heterocycles. The molecule has 1 rings (SSSR count). The number of nitro groups is 1. The Morgan fingerprint density at radius 2 is 2.20 bits per heavy atom. The Balaban J connectivity index is 3.04. The van der Waals surface area contributed by atoms with Crippen molar-refractivity contribution in [1.82, 2.24) is 9.97 Å². The van der Waals surface area contributed by atoms with Crippen molar-refractivity contribution in [3.05, 3.63) is 16.3 Å². The summed E-state index contributed by atoms with van der Waals surface area (Å²) in [5.74, 6) is 0.722. The van der Waals surface area contributed by atoms with Gasteiger partial charge in [0.2, 0.25) is 11.8 Å². The molecule has 0 bridgehead atoms. The van der Waals surface area contributed by atoms with Crippen LogP contribution in [0.3, 0.4) is 0 Å². The SMILES string of the molecule is CCNc1ncc([N+](=O)[O-])c(NC(CCO)C(C)C)n1. The highest BCUT2D eigenvalue weighted by atomic mass is 16.6. The molecule has 3 N–H and O–H groups in total. The maximum absolute atomic E-state index is 11.0. The fourth-order valence-corrected chi connectivity index (χ4v) is 1.75.